The van der Waals surface area contributed by atoms with Gasteiger partial charge in [0.05, 0.1) is 4.90 Å². The largest absolute Gasteiger partial charge is 0.420 e. The predicted molar refractivity (Wildman–Crippen MR) is 107 cm³/mol. The lowest BCUT2D eigenvalue weighted by Gasteiger charge is -2.29. The Morgan fingerprint density at radius 1 is 1.03 bits per heavy atom. The van der Waals surface area contributed by atoms with Crippen LogP contribution < -0.4 is 0 Å². The maximum Gasteiger partial charge on any atom is 0.247 e. The monoisotopic (exact) mass is 429 g/mol. The summed E-state index contributed by atoms with van der Waals surface area (Å²) in [5, 5.41) is 8.13. The van der Waals surface area contributed by atoms with E-state index < -0.39 is 10.0 Å². The van der Waals surface area contributed by atoms with Crippen molar-refractivity contribution in [3.63, 3.8) is 0 Å². The minimum absolute atomic E-state index is 0.0433. The standard InChI is InChI=1S/C21H20FN3O4S/c1-14(26)15-4-8-19(9-5-15)30(27,28)25-12-10-17(11-13-25)21-24-23-20(29-21)16-2-6-18(22)7-3-16/h2-9,17H,10-13H2,1H3. The molecule has 0 N–H and O–H groups in total. The van der Waals surface area contributed by atoms with Gasteiger partial charge in [0, 0.05) is 30.1 Å². The number of sulfonamides is 1. The van der Waals surface area contributed by atoms with E-state index >= 15 is 0 Å². The highest BCUT2D eigenvalue weighted by Gasteiger charge is 2.32. The first-order chi connectivity index (χ1) is 14.3. The minimum Gasteiger partial charge on any atom is -0.420 e. The molecule has 2 heterocycles. The fourth-order valence-electron chi connectivity index (χ4n) is 3.46. The molecule has 1 aliphatic rings. The van der Waals surface area contributed by atoms with Gasteiger partial charge < -0.3 is 4.42 Å². The lowest BCUT2D eigenvalue weighted by molar-refractivity contribution is 0.101. The molecule has 2 aromatic carbocycles. The number of aromatic nitrogens is 2. The minimum atomic E-state index is -3.63. The Kier molecular flexibility index (Phi) is 5.48. The predicted octanol–water partition coefficient (Wildman–Crippen LogP) is 3.65. The third-order valence-corrected chi connectivity index (χ3v) is 7.15. The van der Waals surface area contributed by atoms with E-state index in [0.29, 0.717) is 48.8 Å². The van der Waals surface area contributed by atoms with Gasteiger partial charge in [0.15, 0.2) is 5.78 Å². The van der Waals surface area contributed by atoms with Gasteiger partial charge in [-0.25, -0.2) is 12.8 Å². The van der Waals surface area contributed by atoms with E-state index in [4.69, 9.17) is 4.42 Å². The van der Waals surface area contributed by atoms with Crippen LogP contribution in [0.15, 0.2) is 57.8 Å². The fourth-order valence-corrected chi connectivity index (χ4v) is 4.93. The van der Waals surface area contributed by atoms with Gasteiger partial charge in [0.25, 0.3) is 0 Å². The van der Waals surface area contributed by atoms with Crippen molar-refractivity contribution < 1.29 is 22.0 Å². The third-order valence-electron chi connectivity index (χ3n) is 5.23. The molecule has 1 saturated heterocycles. The molecule has 0 atom stereocenters. The molecule has 156 valence electrons. The normalized spacial score (nSPS) is 15.9. The zero-order chi connectivity index (χ0) is 21.3. The quantitative estimate of drug-likeness (QED) is 0.575. The Morgan fingerprint density at radius 2 is 1.67 bits per heavy atom. The molecular weight excluding hydrogens is 409 g/mol. The molecule has 0 radical (unpaired) electrons. The van der Waals surface area contributed by atoms with Crippen LogP contribution in [0.5, 0.6) is 0 Å². The number of carbonyl (C=O) groups excluding carboxylic acids is 1. The Labute approximate surface area is 173 Å². The van der Waals surface area contributed by atoms with Crippen LogP contribution in [0.1, 0.15) is 41.9 Å². The van der Waals surface area contributed by atoms with E-state index in [1.807, 2.05) is 0 Å². The lowest BCUT2D eigenvalue weighted by Crippen LogP contribution is -2.37. The van der Waals surface area contributed by atoms with Gasteiger partial charge in [0.1, 0.15) is 5.82 Å². The summed E-state index contributed by atoms with van der Waals surface area (Å²) in [6.45, 7) is 2.10. The van der Waals surface area contributed by atoms with Crippen molar-refractivity contribution in [2.75, 3.05) is 13.1 Å². The van der Waals surface area contributed by atoms with Crippen molar-refractivity contribution in [3.8, 4) is 11.5 Å². The topological polar surface area (TPSA) is 93.4 Å². The number of hydrogen-bond donors (Lipinski definition) is 0. The average molecular weight is 429 g/mol. The molecule has 0 unspecified atom stereocenters. The van der Waals surface area contributed by atoms with Crippen molar-refractivity contribution in [2.45, 2.75) is 30.6 Å². The Balaban J connectivity index is 1.43. The maximum absolute atomic E-state index is 13.1. The summed E-state index contributed by atoms with van der Waals surface area (Å²) >= 11 is 0. The molecule has 0 bridgehead atoms. The number of nitrogens with zero attached hydrogens (tertiary/aromatic N) is 3. The molecule has 4 rings (SSSR count). The SMILES string of the molecule is CC(=O)c1ccc(S(=O)(=O)N2CCC(c3nnc(-c4ccc(F)cc4)o3)CC2)cc1. The number of benzene rings is 2. The van der Waals surface area contributed by atoms with Gasteiger partial charge in [0.2, 0.25) is 21.8 Å². The Morgan fingerprint density at radius 3 is 2.27 bits per heavy atom. The summed E-state index contributed by atoms with van der Waals surface area (Å²) in [5.41, 5.74) is 1.10. The third kappa shape index (κ3) is 4.03. The smallest absolute Gasteiger partial charge is 0.247 e. The van der Waals surface area contributed by atoms with Gasteiger partial charge in [-0.1, -0.05) is 12.1 Å². The first-order valence-electron chi connectivity index (χ1n) is 9.55. The summed E-state index contributed by atoms with van der Waals surface area (Å²) in [6.07, 6.45) is 1.10. The molecule has 9 heteroatoms. The maximum atomic E-state index is 13.1. The average Bonchev–Trinajstić information content (AvgIpc) is 3.25. The van der Waals surface area contributed by atoms with Crippen LogP contribution in [-0.4, -0.2) is 41.8 Å². The molecule has 1 fully saturated rings. The number of Topliss-reactive ketones (excluding diaryl/α,β-unsaturated/α-hetero) is 1. The molecule has 3 aromatic rings. The molecular formula is C21H20FN3O4S. The Hall–Kier alpha value is -2.91. The van der Waals surface area contributed by atoms with Crippen LogP contribution in [-0.2, 0) is 10.0 Å². The Bertz CT molecular complexity index is 1150. The number of halogens is 1. The highest BCUT2D eigenvalue weighted by molar-refractivity contribution is 7.89. The second kappa shape index (κ2) is 8.08. The van der Waals surface area contributed by atoms with Crippen LogP contribution in [0.2, 0.25) is 0 Å². The van der Waals surface area contributed by atoms with Gasteiger partial charge >= 0.3 is 0 Å². The van der Waals surface area contributed by atoms with Gasteiger partial charge in [-0.2, -0.15) is 4.31 Å². The second-order valence-electron chi connectivity index (χ2n) is 7.21. The van der Waals surface area contributed by atoms with Crippen LogP contribution >= 0.6 is 0 Å². The van der Waals surface area contributed by atoms with E-state index in [1.54, 1.807) is 12.1 Å². The van der Waals surface area contributed by atoms with Crippen LogP contribution in [0, 0.1) is 5.82 Å². The zero-order valence-electron chi connectivity index (χ0n) is 16.3. The van der Waals surface area contributed by atoms with E-state index in [0.717, 1.165) is 0 Å². The van der Waals surface area contributed by atoms with Crippen molar-refractivity contribution in [3.05, 3.63) is 65.8 Å². The molecule has 30 heavy (non-hydrogen) atoms. The van der Waals surface area contributed by atoms with Crippen LogP contribution in [0.25, 0.3) is 11.5 Å². The molecule has 0 spiro atoms. The van der Waals surface area contributed by atoms with Crippen molar-refractivity contribution in [1.29, 1.82) is 0 Å². The number of ketones is 1. The summed E-state index contributed by atoms with van der Waals surface area (Å²) in [7, 11) is -3.63. The number of hydrogen-bond acceptors (Lipinski definition) is 6. The van der Waals surface area contributed by atoms with Crippen molar-refractivity contribution in [1.82, 2.24) is 14.5 Å². The number of rotatable bonds is 5. The lowest BCUT2D eigenvalue weighted by atomic mass is 9.98. The molecule has 7 nitrogen and oxygen atoms in total. The molecule has 0 amide bonds. The van der Waals surface area contributed by atoms with Gasteiger partial charge in [-0.15, -0.1) is 10.2 Å². The van der Waals surface area contributed by atoms with E-state index in [1.165, 1.54) is 47.6 Å². The van der Waals surface area contributed by atoms with Crippen LogP contribution in [0.4, 0.5) is 4.39 Å². The van der Waals surface area contributed by atoms with Crippen molar-refractivity contribution >= 4 is 15.8 Å². The fraction of sp³-hybridized carbons (Fsp3) is 0.286. The molecule has 1 aromatic heterocycles. The van der Waals surface area contributed by atoms with Crippen LogP contribution in [0.3, 0.4) is 0 Å². The summed E-state index contributed by atoms with van der Waals surface area (Å²) in [6, 6.07) is 11.8. The first-order valence-corrected chi connectivity index (χ1v) is 11.0. The highest BCUT2D eigenvalue weighted by Crippen LogP contribution is 2.31. The van der Waals surface area contributed by atoms with Gasteiger partial charge in [-0.05, 0) is 56.2 Å². The summed E-state index contributed by atoms with van der Waals surface area (Å²) in [4.78, 5) is 11.6. The molecule has 0 aliphatic carbocycles. The zero-order valence-corrected chi connectivity index (χ0v) is 17.1. The summed E-state index contributed by atoms with van der Waals surface area (Å²) in [5.74, 6) is 0.267. The first kappa shape index (κ1) is 20.4. The molecule has 0 saturated carbocycles. The second-order valence-corrected chi connectivity index (χ2v) is 9.15. The van der Waals surface area contributed by atoms with Crippen molar-refractivity contribution in [2.24, 2.45) is 0 Å². The number of carbonyl (C=O) groups is 1. The summed E-state index contributed by atoms with van der Waals surface area (Å²) < 4.78 is 46.0. The van der Waals surface area contributed by atoms with E-state index in [-0.39, 0.29) is 22.4 Å². The number of piperidine rings is 1. The van der Waals surface area contributed by atoms with E-state index in [9.17, 15) is 17.6 Å². The van der Waals surface area contributed by atoms with E-state index in [2.05, 4.69) is 10.2 Å². The van der Waals surface area contributed by atoms with Gasteiger partial charge in [-0.3, -0.25) is 4.79 Å². The molecule has 1 aliphatic heterocycles. The highest BCUT2D eigenvalue weighted by atomic mass is 32.2.